The van der Waals surface area contributed by atoms with Gasteiger partial charge in [-0.2, -0.15) is 0 Å². The fraction of sp³-hybridized carbons (Fsp3) is 0.562. The van der Waals surface area contributed by atoms with Crippen molar-refractivity contribution in [1.82, 2.24) is 9.55 Å². The molecule has 1 aliphatic carbocycles. The Morgan fingerprint density at radius 3 is 2.75 bits per heavy atom. The van der Waals surface area contributed by atoms with Crippen LogP contribution in [0.2, 0.25) is 0 Å². The minimum Gasteiger partial charge on any atom is -0.497 e. The normalized spacial score (nSPS) is 16.9. The molecule has 1 heterocycles. The summed E-state index contributed by atoms with van der Waals surface area (Å²) in [6.07, 6.45) is 3.41. The average Bonchev–Trinajstić information content (AvgIpc) is 3.19. The summed E-state index contributed by atoms with van der Waals surface area (Å²) in [4.78, 5) is 4.80. The van der Waals surface area contributed by atoms with E-state index in [4.69, 9.17) is 15.5 Å². The van der Waals surface area contributed by atoms with Gasteiger partial charge in [0.25, 0.3) is 0 Å². The number of imidazole rings is 1. The topological polar surface area (TPSA) is 53.1 Å². The molecular formula is C16H23N3O. The number of ether oxygens (including phenoxy) is 1. The van der Waals surface area contributed by atoms with Gasteiger partial charge in [-0.15, -0.1) is 0 Å². The Morgan fingerprint density at radius 1 is 1.40 bits per heavy atom. The molecule has 0 saturated heterocycles. The number of benzene rings is 1. The van der Waals surface area contributed by atoms with Crippen LogP contribution < -0.4 is 10.5 Å². The molecule has 1 aromatic heterocycles. The highest BCUT2D eigenvalue weighted by Crippen LogP contribution is 2.34. The van der Waals surface area contributed by atoms with Crippen LogP contribution in [0.5, 0.6) is 5.75 Å². The van der Waals surface area contributed by atoms with Gasteiger partial charge >= 0.3 is 0 Å². The largest absolute Gasteiger partial charge is 0.497 e. The SMILES string of the molecule is COc1ccc2c(c1)nc(CC(N)C1CC1)n2C(C)C. The second-order valence-corrected chi connectivity index (χ2v) is 6.05. The quantitative estimate of drug-likeness (QED) is 0.911. The predicted octanol–water partition coefficient (Wildman–Crippen LogP) is 2.91. The lowest BCUT2D eigenvalue weighted by molar-refractivity contribution is 0.415. The van der Waals surface area contributed by atoms with Gasteiger partial charge in [-0.1, -0.05) is 0 Å². The van der Waals surface area contributed by atoms with Crippen molar-refractivity contribution in [2.75, 3.05) is 7.11 Å². The number of hydrogen-bond donors (Lipinski definition) is 1. The molecule has 4 heteroatoms. The van der Waals surface area contributed by atoms with Crippen molar-refractivity contribution in [2.45, 2.75) is 45.2 Å². The molecule has 1 saturated carbocycles. The van der Waals surface area contributed by atoms with Gasteiger partial charge < -0.3 is 15.0 Å². The smallest absolute Gasteiger partial charge is 0.121 e. The minimum atomic E-state index is 0.242. The lowest BCUT2D eigenvalue weighted by Gasteiger charge is -2.15. The molecule has 3 rings (SSSR count). The molecule has 2 N–H and O–H groups in total. The maximum Gasteiger partial charge on any atom is 0.121 e. The maximum atomic E-state index is 6.28. The summed E-state index contributed by atoms with van der Waals surface area (Å²) in [6, 6.07) is 6.71. The van der Waals surface area contributed by atoms with E-state index < -0.39 is 0 Å². The Hall–Kier alpha value is -1.55. The Morgan fingerprint density at radius 2 is 2.15 bits per heavy atom. The highest BCUT2D eigenvalue weighted by molar-refractivity contribution is 5.78. The zero-order chi connectivity index (χ0) is 14.3. The van der Waals surface area contributed by atoms with Gasteiger partial charge in [0, 0.05) is 24.6 Å². The number of methoxy groups -OCH3 is 1. The van der Waals surface area contributed by atoms with Gasteiger partial charge in [0.2, 0.25) is 0 Å². The molecule has 0 aliphatic heterocycles. The van der Waals surface area contributed by atoms with Gasteiger partial charge in [0.1, 0.15) is 11.6 Å². The molecule has 0 spiro atoms. The molecule has 1 unspecified atom stereocenters. The van der Waals surface area contributed by atoms with Crippen LogP contribution in [0, 0.1) is 5.92 Å². The number of nitrogens with zero attached hydrogens (tertiary/aromatic N) is 2. The Kier molecular flexibility index (Phi) is 3.42. The molecule has 20 heavy (non-hydrogen) atoms. The summed E-state index contributed by atoms with van der Waals surface area (Å²) in [5.41, 5.74) is 8.44. The van der Waals surface area contributed by atoms with E-state index in [0.717, 1.165) is 23.5 Å². The van der Waals surface area contributed by atoms with Crippen molar-refractivity contribution in [3.8, 4) is 5.75 Å². The molecule has 1 aromatic carbocycles. The first-order chi connectivity index (χ1) is 9.60. The van der Waals surface area contributed by atoms with Gasteiger partial charge in [0.05, 0.1) is 18.1 Å². The zero-order valence-electron chi connectivity index (χ0n) is 12.5. The third-order valence-electron chi connectivity index (χ3n) is 4.13. The van der Waals surface area contributed by atoms with E-state index >= 15 is 0 Å². The standard InChI is InChI=1S/C16H23N3O/c1-10(2)19-15-7-6-12(20-3)8-14(15)18-16(19)9-13(17)11-4-5-11/h6-8,10-11,13H,4-5,9,17H2,1-3H3. The fourth-order valence-corrected chi connectivity index (χ4v) is 2.88. The van der Waals surface area contributed by atoms with E-state index in [1.54, 1.807) is 7.11 Å². The van der Waals surface area contributed by atoms with Crippen LogP contribution in [0.3, 0.4) is 0 Å². The fourth-order valence-electron chi connectivity index (χ4n) is 2.88. The first-order valence-electron chi connectivity index (χ1n) is 7.40. The van der Waals surface area contributed by atoms with Crippen LogP contribution in [0.25, 0.3) is 11.0 Å². The summed E-state index contributed by atoms with van der Waals surface area (Å²) in [7, 11) is 1.69. The summed E-state index contributed by atoms with van der Waals surface area (Å²) < 4.78 is 7.59. The van der Waals surface area contributed by atoms with Crippen LogP contribution in [0.4, 0.5) is 0 Å². The number of aromatic nitrogens is 2. The number of nitrogens with two attached hydrogens (primary N) is 1. The summed E-state index contributed by atoms with van der Waals surface area (Å²) >= 11 is 0. The third kappa shape index (κ3) is 2.40. The number of hydrogen-bond acceptors (Lipinski definition) is 3. The lowest BCUT2D eigenvalue weighted by Crippen LogP contribution is -2.27. The van der Waals surface area contributed by atoms with E-state index in [9.17, 15) is 0 Å². The molecular weight excluding hydrogens is 250 g/mol. The monoisotopic (exact) mass is 273 g/mol. The summed E-state index contributed by atoms with van der Waals surface area (Å²) in [5, 5.41) is 0. The predicted molar refractivity (Wildman–Crippen MR) is 81.1 cm³/mol. The van der Waals surface area contributed by atoms with Crippen molar-refractivity contribution in [1.29, 1.82) is 0 Å². The van der Waals surface area contributed by atoms with Crippen molar-refractivity contribution in [3.05, 3.63) is 24.0 Å². The van der Waals surface area contributed by atoms with Crippen molar-refractivity contribution >= 4 is 11.0 Å². The molecule has 0 amide bonds. The Balaban J connectivity index is 2.02. The van der Waals surface area contributed by atoms with Crippen LogP contribution in [0.1, 0.15) is 38.6 Å². The van der Waals surface area contributed by atoms with E-state index in [2.05, 4.69) is 24.5 Å². The van der Waals surface area contributed by atoms with E-state index in [1.165, 1.54) is 18.4 Å². The molecule has 4 nitrogen and oxygen atoms in total. The highest BCUT2D eigenvalue weighted by atomic mass is 16.5. The molecule has 1 fully saturated rings. The molecule has 0 bridgehead atoms. The van der Waals surface area contributed by atoms with Crippen LogP contribution in [0.15, 0.2) is 18.2 Å². The molecule has 0 radical (unpaired) electrons. The Bertz CT molecular complexity index is 613. The van der Waals surface area contributed by atoms with Gasteiger partial charge in [-0.05, 0) is 44.7 Å². The van der Waals surface area contributed by atoms with Crippen LogP contribution in [-0.2, 0) is 6.42 Å². The van der Waals surface area contributed by atoms with Crippen molar-refractivity contribution in [2.24, 2.45) is 11.7 Å². The Labute approximate surface area is 119 Å². The van der Waals surface area contributed by atoms with E-state index in [-0.39, 0.29) is 6.04 Å². The molecule has 1 atom stereocenters. The second-order valence-electron chi connectivity index (χ2n) is 6.05. The number of fused-ring (bicyclic) bond motifs is 1. The number of rotatable bonds is 5. The zero-order valence-corrected chi connectivity index (χ0v) is 12.5. The van der Waals surface area contributed by atoms with Crippen LogP contribution in [-0.4, -0.2) is 22.7 Å². The third-order valence-corrected chi connectivity index (χ3v) is 4.13. The maximum absolute atomic E-state index is 6.28. The lowest BCUT2D eigenvalue weighted by atomic mass is 10.1. The van der Waals surface area contributed by atoms with Gasteiger partial charge in [-0.25, -0.2) is 4.98 Å². The summed E-state index contributed by atoms with van der Waals surface area (Å²) in [5.74, 6) is 2.65. The highest BCUT2D eigenvalue weighted by Gasteiger charge is 2.30. The average molecular weight is 273 g/mol. The first-order valence-corrected chi connectivity index (χ1v) is 7.40. The first kappa shape index (κ1) is 13.4. The molecule has 1 aliphatic rings. The summed E-state index contributed by atoms with van der Waals surface area (Å²) in [6.45, 7) is 4.38. The second kappa shape index (κ2) is 5.09. The van der Waals surface area contributed by atoms with Gasteiger partial charge in [-0.3, -0.25) is 0 Å². The van der Waals surface area contributed by atoms with E-state index in [1.807, 2.05) is 12.1 Å². The van der Waals surface area contributed by atoms with Crippen molar-refractivity contribution < 1.29 is 4.74 Å². The van der Waals surface area contributed by atoms with Crippen molar-refractivity contribution in [3.63, 3.8) is 0 Å². The van der Waals surface area contributed by atoms with E-state index in [0.29, 0.717) is 12.0 Å². The van der Waals surface area contributed by atoms with Crippen LogP contribution >= 0.6 is 0 Å². The molecule has 2 aromatic rings. The minimum absolute atomic E-state index is 0.242. The molecule has 108 valence electrons. The van der Waals surface area contributed by atoms with Gasteiger partial charge in [0.15, 0.2) is 0 Å².